The molecule has 0 fully saturated rings. The van der Waals surface area contributed by atoms with Gasteiger partial charge in [0.1, 0.15) is 6.04 Å². The minimum absolute atomic E-state index is 0.0109. The van der Waals surface area contributed by atoms with Gasteiger partial charge in [-0.25, -0.2) is 0 Å². The lowest BCUT2D eigenvalue weighted by Gasteiger charge is -2.33. The fourth-order valence-electron chi connectivity index (χ4n) is 4.87. The summed E-state index contributed by atoms with van der Waals surface area (Å²) in [5.41, 5.74) is 4.15. The molecule has 2 amide bonds. The average Bonchev–Trinajstić information content (AvgIpc) is 2.99. The van der Waals surface area contributed by atoms with Crippen molar-refractivity contribution in [3.8, 4) is 0 Å². The second kappa shape index (κ2) is 14.6. The Morgan fingerprint density at radius 2 is 1.27 bits per heavy atom. The van der Waals surface area contributed by atoms with Gasteiger partial charge in [0.25, 0.3) is 0 Å². The van der Waals surface area contributed by atoms with Gasteiger partial charge < -0.3 is 10.2 Å². The van der Waals surface area contributed by atoms with Crippen molar-refractivity contribution in [3.63, 3.8) is 0 Å². The summed E-state index contributed by atoms with van der Waals surface area (Å²) in [6.45, 7) is 4.39. The summed E-state index contributed by atoms with van der Waals surface area (Å²) in [5, 5.41) is 3.16. The first-order valence-electron chi connectivity index (χ1n) is 13.9. The van der Waals surface area contributed by atoms with E-state index in [1.54, 1.807) is 4.90 Å². The molecule has 0 saturated heterocycles. The number of rotatable bonds is 12. The van der Waals surface area contributed by atoms with Gasteiger partial charge in [-0.05, 0) is 47.7 Å². The first kappa shape index (κ1) is 29.3. The van der Waals surface area contributed by atoms with Crippen molar-refractivity contribution in [3.05, 3.63) is 142 Å². The minimum atomic E-state index is -0.653. The largest absolute Gasteiger partial charge is 0.352 e. The summed E-state index contributed by atoms with van der Waals surface area (Å²) in [5.74, 6) is -0.308. The van der Waals surface area contributed by atoms with Gasteiger partial charge in [0.15, 0.2) is 0 Å². The van der Waals surface area contributed by atoms with Crippen molar-refractivity contribution in [1.82, 2.24) is 10.2 Å². The van der Waals surface area contributed by atoms with Gasteiger partial charge in [-0.15, -0.1) is 0 Å². The Bertz CT molecular complexity index is 1310. The predicted octanol–water partition coefficient (Wildman–Crippen LogP) is 7.53. The smallest absolute Gasteiger partial charge is 0.243 e. The van der Waals surface area contributed by atoms with E-state index in [1.807, 2.05) is 105 Å². The fourth-order valence-corrected chi connectivity index (χ4v) is 5.14. The maximum Gasteiger partial charge on any atom is 0.243 e. The van der Waals surface area contributed by atoms with Crippen LogP contribution in [0, 0.1) is 0 Å². The Kier molecular flexibility index (Phi) is 10.7. The van der Waals surface area contributed by atoms with Crippen molar-refractivity contribution in [2.75, 3.05) is 0 Å². The van der Waals surface area contributed by atoms with E-state index in [-0.39, 0.29) is 30.2 Å². The van der Waals surface area contributed by atoms with Crippen molar-refractivity contribution in [1.29, 1.82) is 0 Å². The molecule has 0 aliphatic rings. The van der Waals surface area contributed by atoms with Crippen LogP contribution in [0.25, 0.3) is 0 Å². The van der Waals surface area contributed by atoms with Crippen LogP contribution in [0.15, 0.2) is 120 Å². The second-order valence-corrected chi connectivity index (χ2v) is 11.2. The first-order chi connectivity index (χ1) is 19.4. The Morgan fingerprint density at radius 3 is 1.80 bits per heavy atom. The van der Waals surface area contributed by atoms with Crippen molar-refractivity contribution < 1.29 is 9.59 Å². The van der Waals surface area contributed by atoms with Gasteiger partial charge in [0.05, 0.1) is 0 Å². The third kappa shape index (κ3) is 8.15. The highest BCUT2D eigenvalue weighted by atomic mass is 79.9. The zero-order chi connectivity index (χ0) is 28.3. The van der Waals surface area contributed by atoms with Gasteiger partial charge in [-0.3, -0.25) is 9.59 Å². The quantitative estimate of drug-likeness (QED) is 0.184. The number of amides is 2. The lowest BCUT2D eigenvalue weighted by atomic mass is 9.87. The second-order valence-electron chi connectivity index (χ2n) is 10.2. The molecule has 0 spiro atoms. The van der Waals surface area contributed by atoms with Crippen LogP contribution < -0.4 is 5.32 Å². The van der Waals surface area contributed by atoms with E-state index in [9.17, 15) is 9.59 Å². The number of carbonyl (C=O) groups is 2. The van der Waals surface area contributed by atoms with E-state index < -0.39 is 6.04 Å². The molecule has 0 bridgehead atoms. The molecule has 1 N–H and O–H groups in total. The maximum absolute atomic E-state index is 14.4. The molecule has 5 heteroatoms. The van der Waals surface area contributed by atoms with E-state index in [0.717, 1.165) is 33.1 Å². The molecule has 0 aromatic heterocycles. The number of carbonyl (C=O) groups excluding carboxylic acids is 2. The lowest BCUT2D eigenvalue weighted by Crippen LogP contribution is -2.52. The predicted molar refractivity (Wildman–Crippen MR) is 166 cm³/mol. The molecule has 4 nitrogen and oxygen atoms in total. The van der Waals surface area contributed by atoms with Crippen molar-refractivity contribution in [2.45, 2.75) is 57.7 Å². The van der Waals surface area contributed by atoms with Crippen LogP contribution >= 0.6 is 15.9 Å². The molecular weight excluding hydrogens is 560 g/mol. The Labute approximate surface area is 246 Å². The van der Waals surface area contributed by atoms with Crippen molar-refractivity contribution >= 4 is 27.7 Å². The van der Waals surface area contributed by atoms with E-state index in [1.165, 1.54) is 0 Å². The molecule has 0 unspecified atom stereocenters. The van der Waals surface area contributed by atoms with Crippen LogP contribution in [0.2, 0.25) is 0 Å². The molecule has 4 rings (SSSR count). The van der Waals surface area contributed by atoms with Crippen LogP contribution in [-0.2, 0) is 22.6 Å². The lowest BCUT2D eigenvalue weighted by molar-refractivity contribution is -0.141. The summed E-state index contributed by atoms with van der Waals surface area (Å²) in [7, 11) is 0. The highest BCUT2D eigenvalue weighted by Gasteiger charge is 2.32. The monoisotopic (exact) mass is 596 g/mol. The van der Waals surface area contributed by atoms with E-state index >= 15 is 0 Å². The van der Waals surface area contributed by atoms with Crippen LogP contribution in [0.3, 0.4) is 0 Å². The third-order valence-electron chi connectivity index (χ3n) is 7.32. The molecule has 0 aliphatic heterocycles. The molecule has 4 aromatic carbocycles. The molecule has 2 atom stereocenters. The average molecular weight is 598 g/mol. The zero-order valence-electron chi connectivity index (χ0n) is 23.2. The first-order valence-corrected chi connectivity index (χ1v) is 14.7. The van der Waals surface area contributed by atoms with Crippen LogP contribution in [0.5, 0.6) is 0 Å². The molecule has 40 heavy (non-hydrogen) atoms. The topological polar surface area (TPSA) is 49.4 Å². The van der Waals surface area contributed by atoms with Crippen LogP contribution in [0.4, 0.5) is 0 Å². The highest BCUT2D eigenvalue weighted by molar-refractivity contribution is 9.10. The van der Waals surface area contributed by atoms with E-state index in [0.29, 0.717) is 13.0 Å². The summed E-state index contributed by atoms with van der Waals surface area (Å²) >= 11 is 3.51. The summed E-state index contributed by atoms with van der Waals surface area (Å²) in [6, 6.07) is 37.5. The standard InChI is InChI=1S/C35H37BrN2O2/c1-3-26(2)37-35(40)33(23-27-13-7-4-8-14-27)38(25-28-19-21-31(36)22-20-28)34(39)24-32(29-15-9-5-10-16-29)30-17-11-6-12-18-30/h4-22,26,32-33H,3,23-25H2,1-2H3,(H,37,40)/t26-,33+/m0/s1. The molecule has 0 saturated carbocycles. The number of nitrogens with zero attached hydrogens (tertiary/aromatic N) is 1. The molecule has 4 aromatic rings. The number of benzene rings is 4. The maximum atomic E-state index is 14.4. The Balaban J connectivity index is 1.73. The van der Waals surface area contributed by atoms with Gasteiger partial charge in [0.2, 0.25) is 11.8 Å². The van der Waals surface area contributed by atoms with E-state index in [4.69, 9.17) is 0 Å². The Morgan fingerprint density at radius 1 is 0.750 bits per heavy atom. The number of nitrogens with one attached hydrogen (secondary N) is 1. The highest BCUT2D eigenvalue weighted by Crippen LogP contribution is 2.30. The summed E-state index contributed by atoms with van der Waals surface area (Å²) in [6.07, 6.45) is 1.51. The van der Waals surface area contributed by atoms with Gasteiger partial charge in [-0.1, -0.05) is 126 Å². The van der Waals surface area contributed by atoms with E-state index in [2.05, 4.69) is 45.5 Å². The third-order valence-corrected chi connectivity index (χ3v) is 7.85. The molecular formula is C35H37BrN2O2. The van der Waals surface area contributed by atoms with Crippen LogP contribution in [-0.4, -0.2) is 28.8 Å². The fraction of sp³-hybridized carbons (Fsp3) is 0.257. The summed E-state index contributed by atoms with van der Waals surface area (Å²) < 4.78 is 0.970. The van der Waals surface area contributed by atoms with Gasteiger partial charge >= 0.3 is 0 Å². The zero-order valence-corrected chi connectivity index (χ0v) is 24.8. The SMILES string of the molecule is CC[C@H](C)NC(=O)[C@@H](Cc1ccccc1)N(Cc1ccc(Br)cc1)C(=O)CC(c1ccccc1)c1ccccc1. The number of hydrogen-bond acceptors (Lipinski definition) is 2. The molecule has 206 valence electrons. The van der Waals surface area contributed by atoms with Gasteiger partial charge in [-0.2, -0.15) is 0 Å². The molecule has 0 heterocycles. The molecule has 0 aliphatic carbocycles. The Hall–Kier alpha value is -3.70. The van der Waals surface area contributed by atoms with Gasteiger partial charge in [0, 0.05) is 35.8 Å². The molecule has 0 radical (unpaired) electrons. The summed E-state index contributed by atoms with van der Waals surface area (Å²) in [4.78, 5) is 30.0. The van der Waals surface area contributed by atoms with Crippen molar-refractivity contribution in [2.24, 2.45) is 0 Å². The minimum Gasteiger partial charge on any atom is -0.352 e. The normalized spacial score (nSPS) is 12.5. The number of hydrogen-bond donors (Lipinski definition) is 1. The number of halogens is 1. The van der Waals surface area contributed by atoms with Crippen LogP contribution in [0.1, 0.15) is 54.9 Å².